The van der Waals surface area contributed by atoms with Crippen molar-refractivity contribution in [1.29, 1.82) is 0 Å². The van der Waals surface area contributed by atoms with Crippen LogP contribution in [0.5, 0.6) is 0 Å². The molecule has 2 rings (SSSR count). The van der Waals surface area contributed by atoms with Crippen LogP contribution in [0.15, 0.2) is 35.8 Å². The molecular formula is C11H9N3O3S. The van der Waals surface area contributed by atoms with Gasteiger partial charge in [-0.25, -0.2) is 9.78 Å². The first kappa shape index (κ1) is 12.1. The van der Waals surface area contributed by atoms with Gasteiger partial charge in [-0.1, -0.05) is 0 Å². The van der Waals surface area contributed by atoms with E-state index in [1.54, 1.807) is 11.6 Å². The summed E-state index contributed by atoms with van der Waals surface area (Å²) in [6, 6.07) is 6.11. The van der Waals surface area contributed by atoms with E-state index in [9.17, 15) is 9.59 Å². The number of carbonyl (C=O) groups is 2. The van der Waals surface area contributed by atoms with Crippen molar-refractivity contribution in [3.05, 3.63) is 41.4 Å². The topological polar surface area (TPSA) is 91.3 Å². The predicted octanol–water partition coefficient (Wildman–Crippen LogP) is 2.49. The summed E-state index contributed by atoms with van der Waals surface area (Å²) in [5.41, 5.74) is 0.842. The van der Waals surface area contributed by atoms with E-state index in [0.29, 0.717) is 16.4 Å². The van der Waals surface area contributed by atoms with Crippen LogP contribution in [-0.2, 0) is 0 Å². The van der Waals surface area contributed by atoms with E-state index in [4.69, 9.17) is 5.11 Å². The summed E-state index contributed by atoms with van der Waals surface area (Å²) in [5.74, 6) is -0.285. The molecule has 0 atom stereocenters. The van der Waals surface area contributed by atoms with E-state index in [0.717, 1.165) is 0 Å². The van der Waals surface area contributed by atoms with Gasteiger partial charge in [0.05, 0.1) is 0 Å². The van der Waals surface area contributed by atoms with Gasteiger partial charge in [0.2, 0.25) is 0 Å². The molecule has 1 heterocycles. The molecule has 1 aromatic carbocycles. The van der Waals surface area contributed by atoms with Crippen molar-refractivity contribution in [1.82, 2.24) is 4.98 Å². The largest absolute Gasteiger partial charge is 0.465 e. The Bertz CT molecular complexity index is 551. The van der Waals surface area contributed by atoms with E-state index in [2.05, 4.69) is 15.6 Å². The average molecular weight is 263 g/mol. The third kappa shape index (κ3) is 3.05. The fourth-order valence-corrected chi connectivity index (χ4v) is 1.81. The molecule has 0 unspecified atom stereocenters. The molecule has 6 nitrogen and oxygen atoms in total. The molecule has 92 valence electrons. The number of hydrogen-bond donors (Lipinski definition) is 3. The Morgan fingerprint density at radius 2 is 1.89 bits per heavy atom. The Hall–Kier alpha value is -2.41. The Kier molecular flexibility index (Phi) is 3.54. The third-order valence-electron chi connectivity index (χ3n) is 2.05. The third-order valence-corrected chi connectivity index (χ3v) is 2.74. The summed E-state index contributed by atoms with van der Waals surface area (Å²) < 4.78 is 0. The zero-order chi connectivity index (χ0) is 13.0. The number of aromatic nitrogens is 1. The van der Waals surface area contributed by atoms with Crippen LogP contribution in [0.4, 0.5) is 15.6 Å². The smallest absolute Gasteiger partial charge is 0.409 e. The molecule has 1 aromatic heterocycles. The quantitative estimate of drug-likeness (QED) is 0.793. The van der Waals surface area contributed by atoms with Crippen molar-refractivity contribution in [2.75, 3.05) is 10.6 Å². The normalized spacial score (nSPS) is 9.78. The highest BCUT2D eigenvalue weighted by Gasteiger charge is 2.07. The van der Waals surface area contributed by atoms with Crippen LogP contribution in [0.3, 0.4) is 0 Å². The van der Waals surface area contributed by atoms with Crippen LogP contribution in [-0.4, -0.2) is 22.1 Å². The molecular weight excluding hydrogens is 254 g/mol. The summed E-state index contributed by atoms with van der Waals surface area (Å²) in [4.78, 5) is 26.1. The van der Waals surface area contributed by atoms with Crippen LogP contribution in [0, 0.1) is 0 Å². The average Bonchev–Trinajstić information content (AvgIpc) is 2.82. The number of amides is 2. The van der Waals surface area contributed by atoms with E-state index < -0.39 is 6.09 Å². The SMILES string of the molecule is O=C(O)Nc1ccc(C(=O)Nc2nccs2)cc1. The summed E-state index contributed by atoms with van der Waals surface area (Å²) in [5, 5.41) is 15.6. The van der Waals surface area contributed by atoms with E-state index >= 15 is 0 Å². The first-order valence-electron chi connectivity index (χ1n) is 4.96. The van der Waals surface area contributed by atoms with Crippen LogP contribution in [0.1, 0.15) is 10.4 Å². The number of thiazole rings is 1. The van der Waals surface area contributed by atoms with Crippen molar-refractivity contribution in [2.24, 2.45) is 0 Å². The van der Waals surface area contributed by atoms with Crippen LogP contribution in [0.25, 0.3) is 0 Å². The number of carbonyl (C=O) groups excluding carboxylic acids is 1. The van der Waals surface area contributed by atoms with Crippen molar-refractivity contribution in [3.8, 4) is 0 Å². The van der Waals surface area contributed by atoms with E-state index in [-0.39, 0.29) is 5.91 Å². The molecule has 0 aliphatic heterocycles. The minimum Gasteiger partial charge on any atom is -0.465 e. The van der Waals surface area contributed by atoms with Gasteiger partial charge in [-0.3, -0.25) is 15.4 Å². The lowest BCUT2D eigenvalue weighted by atomic mass is 10.2. The number of nitrogens with zero attached hydrogens (tertiary/aromatic N) is 1. The molecule has 0 fully saturated rings. The van der Waals surface area contributed by atoms with Gasteiger partial charge >= 0.3 is 6.09 Å². The molecule has 0 saturated heterocycles. The van der Waals surface area contributed by atoms with Crippen LogP contribution < -0.4 is 10.6 Å². The van der Waals surface area contributed by atoms with Gasteiger partial charge in [0.1, 0.15) is 0 Å². The Morgan fingerprint density at radius 3 is 2.44 bits per heavy atom. The number of hydrogen-bond acceptors (Lipinski definition) is 4. The fraction of sp³-hybridized carbons (Fsp3) is 0. The lowest BCUT2D eigenvalue weighted by Crippen LogP contribution is -2.12. The molecule has 0 radical (unpaired) electrons. The number of benzene rings is 1. The number of rotatable bonds is 3. The maximum Gasteiger partial charge on any atom is 0.409 e. The predicted molar refractivity (Wildman–Crippen MR) is 68.2 cm³/mol. The van der Waals surface area contributed by atoms with Gasteiger partial charge in [0.25, 0.3) is 5.91 Å². The highest BCUT2D eigenvalue weighted by Crippen LogP contribution is 2.14. The first-order chi connectivity index (χ1) is 8.65. The molecule has 2 aromatic rings. The van der Waals surface area contributed by atoms with Gasteiger partial charge in [-0.15, -0.1) is 11.3 Å². The molecule has 0 spiro atoms. The van der Waals surface area contributed by atoms with Gasteiger partial charge in [0.15, 0.2) is 5.13 Å². The van der Waals surface area contributed by atoms with Crippen molar-refractivity contribution in [3.63, 3.8) is 0 Å². The summed E-state index contributed by atoms with van der Waals surface area (Å²) in [6.07, 6.45) is 0.454. The lowest BCUT2D eigenvalue weighted by molar-refractivity contribution is 0.102. The van der Waals surface area contributed by atoms with Crippen LogP contribution in [0.2, 0.25) is 0 Å². The molecule has 0 bridgehead atoms. The van der Waals surface area contributed by atoms with Crippen LogP contribution >= 0.6 is 11.3 Å². The molecule has 0 aliphatic carbocycles. The zero-order valence-corrected chi connectivity index (χ0v) is 9.90. The molecule has 2 amide bonds. The van der Waals surface area contributed by atoms with Gasteiger partial charge < -0.3 is 5.11 Å². The van der Waals surface area contributed by atoms with Crippen molar-refractivity contribution >= 4 is 34.2 Å². The van der Waals surface area contributed by atoms with Crippen molar-refractivity contribution in [2.45, 2.75) is 0 Å². The molecule has 0 saturated carbocycles. The second kappa shape index (κ2) is 5.28. The van der Waals surface area contributed by atoms with Gasteiger partial charge in [-0.05, 0) is 24.3 Å². The Balaban J connectivity index is 2.05. The standard InChI is InChI=1S/C11H9N3O3S/c15-9(14-10-12-5-6-18-10)7-1-3-8(4-2-7)13-11(16)17/h1-6,13H,(H,16,17)(H,12,14,15). The fourth-order valence-electron chi connectivity index (χ4n) is 1.28. The molecule has 7 heteroatoms. The summed E-state index contributed by atoms with van der Waals surface area (Å²) in [7, 11) is 0. The highest BCUT2D eigenvalue weighted by atomic mass is 32.1. The Labute approximate surface area is 106 Å². The second-order valence-corrected chi connectivity index (χ2v) is 4.19. The van der Waals surface area contributed by atoms with Gasteiger partial charge in [-0.2, -0.15) is 0 Å². The zero-order valence-electron chi connectivity index (χ0n) is 9.08. The van der Waals surface area contributed by atoms with E-state index in [1.165, 1.54) is 35.6 Å². The number of anilines is 2. The minimum absolute atomic E-state index is 0.285. The van der Waals surface area contributed by atoms with Crippen molar-refractivity contribution < 1.29 is 14.7 Å². The maximum absolute atomic E-state index is 11.8. The van der Waals surface area contributed by atoms with E-state index in [1.807, 2.05) is 0 Å². The summed E-state index contributed by atoms with van der Waals surface area (Å²) >= 11 is 1.32. The number of carboxylic acid groups (broad SMARTS) is 1. The minimum atomic E-state index is -1.14. The monoisotopic (exact) mass is 263 g/mol. The Morgan fingerprint density at radius 1 is 1.17 bits per heavy atom. The lowest BCUT2D eigenvalue weighted by Gasteiger charge is -2.03. The highest BCUT2D eigenvalue weighted by molar-refractivity contribution is 7.13. The maximum atomic E-state index is 11.8. The first-order valence-corrected chi connectivity index (χ1v) is 5.84. The molecule has 18 heavy (non-hydrogen) atoms. The summed E-state index contributed by atoms with van der Waals surface area (Å²) in [6.45, 7) is 0. The molecule has 0 aliphatic rings. The molecule has 3 N–H and O–H groups in total. The van der Waals surface area contributed by atoms with Gasteiger partial charge in [0, 0.05) is 22.8 Å². The number of nitrogens with one attached hydrogen (secondary N) is 2. The second-order valence-electron chi connectivity index (χ2n) is 3.30.